The van der Waals surface area contributed by atoms with Crippen LogP contribution in [0.25, 0.3) is 0 Å². The third-order valence-electron chi connectivity index (χ3n) is 7.22. The maximum atomic E-state index is 13.5. The van der Waals surface area contributed by atoms with Crippen LogP contribution in [-0.2, 0) is 22.5 Å². The van der Waals surface area contributed by atoms with Gasteiger partial charge in [-0.2, -0.15) is 18.6 Å². The van der Waals surface area contributed by atoms with Gasteiger partial charge in [0.2, 0.25) is 5.91 Å². The van der Waals surface area contributed by atoms with E-state index in [2.05, 4.69) is 0 Å². The molecule has 1 fully saturated rings. The molecule has 1 aromatic carbocycles. The minimum absolute atomic E-state index is 0. The molecule has 39 heavy (non-hydrogen) atoms. The number of benzene rings is 1. The molecule has 9 nitrogen and oxygen atoms in total. The van der Waals surface area contributed by atoms with Gasteiger partial charge < -0.3 is 25.2 Å². The van der Waals surface area contributed by atoms with Gasteiger partial charge in [0.15, 0.2) is 5.82 Å². The van der Waals surface area contributed by atoms with E-state index in [1.807, 2.05) is 44.3 Å². The molecular weight excluding hydrogens is 526 g/mol. The van der Waals surface area contributed by atoms with Crippen LogP contribution in [0.1, 0.15) is 68.5 Å². The van der Waals surface area contributed by atoms with Gasteiger partial charge in [-0.1, -0.05) is 12.1 Å². The topological polar surface area (TPSA) is 96.9 Å². The highest BCUT2D eigenvalue weighted by molar-refractivity contribution is 7.59. The number of hydrogen-bond donors (Lipinski definition) is 1. The summed E-state index contributed by atoms with van der Waals surface area (Å²) in [5.41, 5.74) is 8.25. The first-order valence-electron chi connectivity index (χ1n) is 13.1. The maximum absolute atomic E-state index is 13.5. The van der Waals surface area contributed by atoms with Crippen molar-refractivity contribution in [3.05, 3.63) is 40.6 Å². The summed E-state index contributed by atoms with van der Waals surface area (Å²) in [4.78, 5) is 30.3. The van der Waals surface area contributed by atoms with Crippen LogP contribution in [0, 0.1) is 6.92 Å². The average molecular weight is 567 g/mol. The number of rotatable bonds is 5. The fourth-order valence-electron chi connectivity index (χ4n) is 5.21. The molecule has 2 aliphatic rings. The number of alkyl halides is 2. The Balaban J connectivity index is 0.00000420. The smallest absolute Gasteiger partial charge is 0.410 e. The molecule has 0 unspecified atom stereocenters. The van der Waals surface area contributed by atoms with Crippen molar-refractivity contribution in [3.8, 4) is 0 Å². The molecule has 0 saturated carbocycles. The third kappa shape index (κ3) is 6.66. The zero-order valence-electron chi connectivity index (χ0n) is 23.3. The third-order valence-corrected chi connectivity index (χ3v) is 7.22. The molecule has 0 radical (unpaired) electrons. The van der Waals surface area contributed by atoms with Crippen LogP contribution >= 0.6 is 13.5 Å². The van der Waals surface area contributed by atoms with Crippen molar-refractivity contribution < 1.29 is 23.1 Å². The van der Waals surface area contributed by atoms with Crippen molar-refractivity contribution in [2.75, 3.05) is 38.1 Å². The number of halogens is 2. The minimum atomic E-state index is -2.58. The molecule has 1 saturated heterocycles. The quantitative estimate of drug-likeness (QED) is 0.576. The summed E-state index contributed by atoms with van der Waals surface area (Å²) >= 11 is 0. The van der Waals surface area contributed by atoms with E-state index in [9.17, 15) is 18.4 Å². The Labute approximate surface area is 235 Å². The molecule has 3 heterocycles. The molecule has 2 aliphatic heterocycles. The number of amides is 2. The second kappa shape index (κ2) is 12.1. The highest BCUT2D eigenvalue weighted by Gasteiger charge is 2.34. The van der Waals surface area contributed by atoms with Gasteiger partial charge in [0.1, 0.15) is 5.60 Å². The van der Waals surface area contributed by atoms with E-state index in [0.717, 1.165) is 29.7 Å². The first kappa shape index (κ1) is 30.7. The van der Waals surface area contributed by atoms with Gasteiger partial charge in [0.05, 0.1) is 19.1 Å². The van der Waals surface area contributed by atoms with E-state index in [1.54, 1.807) is 15.9 Å². The molecule has 2 amide bonds. The number of hydrogen-bond acceptors (Lipinski definition) is 6. The molecule has 4 rings (SSSR count). The number of carbonyl (C=O) groups excluding carboxylic acids is 2. The van der Waals surface area contributed by atoms with Gasteiger partial charge in [-0.3, -0.25) is 9.48 Å². The predicted molar refractivity (Wildman–Crippen MR) is 151 cm³/mol. The molecule has 0 spiro atoms. The van der Waals surface area contributed by atoms with Crippen molar-refractivity contribution in [2.45, 2.75) is 71.6 Å². The number of ether oxygens (including phenoxy) is 1. The number of piperidine rings is 1. The number of likely N-dealkylation sites (tertiary alicyclic amines) is 1. The normalized spacial score (nSPS) is 16.1. The Bertz CT molecular complexity index is 1190. The summed E-state index contributed by atoms with van der Waals surface area (Å²) in [6.07, 6.45) is -0.919. The van der Waals surface area contributed by atoms with Crippen LogP contribution in [0.4, 0.5) is 25.1 Å². The lowest BCUT2D eigenvalue weighted by molar-refractivity contribution is -0.131. The Morgan fingerprint density at radius 3 is 2.44 bits per heavy atom. The lowest BCUT2D eigenvalue weighted by Crippen LogP contribution is -2.43. The molecule has 0 bridgehead atoms. The largest absolute Gasteiger partial charge is 0.444 e. The number of fused-ring (bicyclic) bond motifs is 1. The second-order valence-electron chi connectivity index (χ2n) is 11.1. The molecule has 216 valence electrons. The van der Waals surface area contributed by atoms with Gasteiger partial charge in [0.25, 0.3) is 6.43 Å². The van der Waals surface area contributed by atoms with Crippen LogP contribution in [0.15, 0.2) is 18.2 Å². The molecule has 1 aromatic heterocycles. The van der Waals surface area contributed by atoms with Gasteiger partial charge in [-0.25, -0.2) is 13.6 Å². The first-order chi connectivity index (χ1) is 17.9. The van der Waals surface area contributed by atoms with E-state index in [1.165, 1.54) is 12.1 Å². The van der Waals surface area contributed by atoms with Crippen molar-refractivity contribution in [2.24, 2.45) is 5.73 Å². The second-order valence-corrected chi connectivity index (χ2v) is 11.1. The van der Waals surface area contributed by atoms with Crippen molar-refractivity contribution in [1.29, 1.82) is 0 Å². The Hall–Kier alpha value is -2.86. The van der Waals surface area contributed by atoms with Crippen LogP contribution in [0.5, 0.6) is 0 Å². The Morgan fingerprint density at radius 1 is 1.18 bits per heavy atom. The number of nitrogens with two attached hydrogens (primary N) is 1. The van der Waals surface area contributed by atoms with E-state index < -0.39 is 18.1 Å². The highest BCUT2D eigenvalue weighted by atomic mass is 32.1. The lowest BCUT2D eigenvalue weighted by atomic mass is 10.0. The van der Waals surface area contributed by atoms with Gasteiger partial charge in [0, 0.05) is 55.6 Å². The van der Waals surface area contributed by atoms with E-state index >= 15 is 0 Å². The van der Waals surface area contributed by atoms with Crippen LogP contribution < -0.4 is 10.6 Å². The van der Waals surface area contributed by atoms with Crippen LogP contribution in [0.2, 0.25) is 0 Å². The summed E-state index contributed by atoms with van der Waals surface area (Å²) in [5, 5.41) is 5.01. The van der Waals surface area contributed by atoms with Gasteiger partial charge in [-0.05, 0) is 52.2 Å². The number of aromatic nitrogens is 2. The van der Waals surface area contributed by atoms with Gasteiger partial charge in [-0.15, -0.1) is 0 Å². The summed E-state index contributed by atoms with van der Waals surface area (Å²) in [5.74, 6) is 0.567. The number of carbonyl (C=O) groups is 2. The van der Waals surface area contributed by atoms with E-state index in [4.69, 9.17) is 15.6 Å². The summed E-state index contributed by atoms with van der Waals surface area (Å²) in [7, 11) is 1.82. The molecular formula is C27H40F2N6O3S. The fraction of sp³-hybridized carbons (Fsp3) is 0.593. The zero-order chi connectivity index (χ0) is 27.8. The number of nitrogens with zero attached hydrogens (tertiary/aromatic N) is 5. The van der Waals surface area contributed by atoms with Crippen molar-refractivity contribution in [1.82, 2.24) is 19.6 Å². The van der Waals surface area contributed by atoms with Crippen LogP contribution in [0.3, 0.4) is 0 Å². The maximum Gasteiger partial charge on any atom is 0.410 e. The lowest BCUT2D eigenvalue weighted by Gasteiger charge is -2.34. The average Bonchev–Trinajstić information content (AvgIpc) is 3.26. The highest BCUT2D eigenvalue weighted by Crippen LogP contribution is 2.38. The summed E-state index contributed by atoms with van der Waals surface area (Å²) in [6, 6.07) is 4.70. The van der Waals surface area contributed by atoms with Crippen LogP contribution in [-0.4, -0.2) is 70.4 Å². The summed E-state index contributed by atoms with van der Waals surface area (Å²) < 4.78 is 34.7. The van der Waals surface area contributed by atoms with Crippen molar-refractivity contribution in [3.63, 3.8) is 0 Å². The van der Waals surface area contributed by atoms with Gasteiger partial charge >= 0.3 is 6.09 Å². The fourth-order valence-corrected chi connectivity index (χ4v) is 5.21. The molecule has 12 heteroatoms. The monoisotopic (exact) mass is 566 g/mol. The first-order valence-corrected chi connectivity index (χ1v) is 13.1. The minimum Gasteiger partial charge on any atom is -0.444 e. The molecule has 0 atom stereocenters. The SMILES string of the molecule is Cc1ccc(C(F)F)cc1N(C)c1nn(C2CCN(C(=O)CN)CC2)c2c1CN(C(=O)OC(C)(C)C)CC2.S. The van der Waals surface area contributed by atoms with E-state index in [-0.39, 0.29) is 37.6 Å². The van der Waals surface area contributed by atoms with E-state index in [0.29, 0.717) is 44.1 Å². The van der Waals surface area contributed by atoms with Crippen molar-refractivity contribution >= 4 is 37.0 Å². The number of aryl methyl sites for hydroxylation is 1. The molecule has 0 aliphatic carbocycles. The summed E-state index contributed by atoms with van der Waals surface area (Å²) in [6.45, 7) is 9.35. The predicted octanol–water partition coefficient (Wildman–Crippen LogP) is 4.43. The Morgan fingerprint density at radius 2 is 1.85 bits per heavy atom. The Kier molecular flexibility index (Phi) is 9.53. The number of anilines is 2. The molecule has 2 N–H and O–H groups in total. The standard InChI is InChI=1S/C27H38F2N6O3.H2S/c1-17-6-7-18(24(28)29)14-22(17)32(5)25-20-16-34(26(37)38-27(2,3)4)13-10-21(20)35(31-25)19-8-11-33(12-9-19)23(36)15-30;/h6-7,14,19,24H,8-13,15-16,30H2,1-5H3;1H2. The molecule has 2 aromatic rings. The zero-order valence-corrected chi connectivity index (χ0v) is 24.3.